The Labute approximate surface area is 136 Å². The zero-order valence-corrected chi connectivity index (χ0v) is 13.2. The van der Waals surface area contributed by atoms with E-state index in [1.807, 2.05) is 23.6 Å². The predicted molar refractivity (Wildman–Crippen MR) is 85.1 cm³/mol. The number of allylic oxidation sites excluding steroid dienone is 4. The molecule has 23 heavy (non-hydrogen) atoms. The minimum atomic E-state index is -0.576. The first-order chi connectivity index (χ1) is 11.3. The van der Waals surface area contributed by atoms with Gasteiger partial charge in [-0.1, -0.05) is 18.2 Å². The molecule has 6 nitrogen and oxygen atoms in total. The van der Waals surface area contributed by atoms with Crippen LogP contribution >= 0.6 is 11.3 Å². The number of hydrogen-bond donors (Lipinski definition) is 0. The molecule has 0 atom stereocenters. The van der Waals surface area contributed by atoms with Gasteiger partial charge in [-0.25, -0.2) is 4.79 Å². The monoisotopic (exact) mass is 330 g/mol. The van der Waals surface area contributed by atoms with Gasteiger partial charge in [-0.2, -0.15) is 0 Å². The van der Waals surface area contributed by atoms with Gasteiger partial charge >= 0.3 is 5.97 Å². The van der Waals surface area contributed by atoms with Crippen LogP contribution in [-0.2, 0) is 14.3 Å². The minimum absolute atomic E-state index is 0.121. The summed E-state index contributed by atoms with van der Waals surface area (Å²) in [5, 5.41) is 9.84. The van der Waals surface area contributed by atoms with Crippen molar-refractivity contribution in [3.8, 4) is 10.8 Å². The first kappa shape index (κ1) is 15.2. The number of esters is 1. The fraction of sp³-hybridized carbons (Fsp3) is 0.188. The van der Waals surface area contributed by atoms with Crippen LogP contribution in [0.1, 0.15) is 18.7 Å². The third-order valence-corrected chi connectivity index (χ3v) is 3.98. The number of carbonyl (C=O) groups excluding carboxylic acids is 1. The molecule has 0 amide bonds. The second-order valence-electron chi connectivity index (χ2n) is 4.63. The fourth-order valence-electron chi connectivity index (χ4n) is 1.94. The van der Waals surface area contributed by atoms with Crippen LogP contribution in [0.25, 0.3) is 16.3 Å². The third-order valence-electron chi connectivity index (χ3n) is 3.12. The van der Waals surface area contributed by atoms with Crippen molar-refractivity contribution in [2.45, 2.75) is 12.8 Å². The highest BCUT2D eigenvalue weighted by molar-refractivity contribution is 7.13. The zero-order chi connectivity index (χ0) is 16.1. The summed E-state index contributed by atoms with van der Waals surface area (Å²) < 4.78 is 15.9. The van der Waals surface area contributed by atoms with Crippen LogP contribution < -0.4 is 0 Å². The van der Waals surface area contributed by atoms with E-state index in [1.54, 1.807) is 12.2 Å². The molecule has 1 aliphatic heterocycles. The molecule has 0 aliphatic carbocycles. The van der Waals surface area contributed by atoms with E-state index in [0.29, 0.717) is 18.1 Å². The first-order valence-corrected chi connectivity index (χ1v) is 7.84. The molecule has 2 aromatic rings. The molecular formula is C16H14N2O4S. The molecule has 0 bridgehead atoms. The van der Waals surface area contributed by atoms with Crippen LogP contribution in [0.2, 0.25) is 0 Å². The highest BCUT2D eigenvalue weighted by Crippen LogP contribution is 2.26. The minimum Gasteiger partial charge on any atom is -0.498 e. The Balaban J connectivity index is 1.90. The number of hydrogen-bond acceptors (Lipinski definition) is 7. The Morgan fingerprint density at radius 1 is 1.30 bits per heavy atom. The molecule has 0 fully saturated rings. The number of nitrogens with zero attached hydrogens (tertiary/aromatic N) is 2. The molecule has 3 rings (SSSR count). The van der Waals surface area contributed by atoms with E-state index < -0.39 is 5.97 Å². The molecule has 0 radical (unpaired) electrons. The second-order valence-corrected chi connectivity index (χ2v) is 5.58. The van der Waals surface area contributed by atoms with E-state index in [9.17, 15) is 4.79 Å². The number of rotatable bonds is 3. The van der Waals surface area contributed by atoms with Gasteiger partial charge in [0.1, 0.15) is 17.6 Å². The van der Waals surface area contributed by atoms with Gasteiger partial charge in [0, 0.05) is 6.42 Å². The molecule has 0 saturated heterocycles. The van der Waals surface area contributed by atoms with Crippen LogP contribution in [0.5, 0.6) is 0 Å². The van der Waals surface area contributed by atoms with Gasteiger partial charge in [0.15, 0.2) is 0 Å². The van der Waals surface area contributed by atoms with Crippen molar-refractivity contribution in [1.29, 1.82) is 0 Å². The number of ether oxygens (including phenoxy) is 2. The molecule has 0 spiro atoms. The molecule has 2 aromatic heterocycles. The van der Waals surface area contributed by atoms with Crippen LogP contribution in [0.15, 0.2) is 52.2 Å². The molecular weight excluding hydrogens is 316 g/mol. The number of cyclic esters (lactones) is 1. The number of thiophene rings is 1. The second kappa shape index (κ2) is 7.06. The molecule has 0 aromatic carbocycles. The van der Waals surface area contributed by atoms with Crippen molar-refractivity contribution < 1.29 is 18.7 Å². The summed E-state index contributed by atoms with van der Waals surface area (Å²) in [6.45, 7) is 0. The van der Waals surface area contributed by atoms with Crippen LogP contribution in [-0.4, -0.2) is 23.3 Å². The third kappa shape index (κ3) is 3.57. The summed E-state index contributed by atoms with van der Waals surface area (Å²) in [6, 6.07) is 3.76. The van der Waals surface area contributed by atoms with E-state index in [-0.39, 0.29) is 11.5 Å². The van der Waals surface area contributed by atoms with Crippen LogP contribution in [0.4, 0.5) is 0 Å². The lowest BCUT2D eigenvalue weighted by Gasteiger charge is -2.06. The normalized spacial score (nSPS) is 21.5. The maximum Gasteiger partial charge on any atom is 0.348 e. The quantitative estimate of drug-likeness (QED) is 0.801. The maximum atomic E-state index is 12.2. The van der Waals surface area contributed by atoms with E-state index >= 15 is 0 Å². The molecule has 118 valence electrons. The Kier molecular flexibility index (Phi) is 4.68. The summed E-state index contributed by atoms with van der Waals surface area (Å²) in [6.07, 6.45) is 8.05. The zero-order valence-electron chi connectivity index (χ0n) is 12.4. The van der Waals surface area contributed by atoms with Crippen molar-refractivity contribution in [1.82, 2.24) is 10.2 Å². The number of methoxy groups -OCH3 is 1. The van der Waals surface area contributed by atoms with Gasteiger partial charge in [0.05, 0.1) is 12.0 Å². The number of aromatic nitrogens is 2. The summed E-state index contributed by atoms with van der Waals surface area (Å²) in [5.41, 5.74) is 0.199. The summed E-state index contributed by atoms with van der Waals surface area (Å²) in [7, 11) is 1.54. The topological polar surface area (TPSA) is 74.5 Å². The molecule has 0 N–H and O–H groups in total. The largest absolute Gasteiger partial charge is 0.498 e. The lowest BCUT2D eigenvalue weighted by atomic mass is 10.2. The highest BCUT2D eigenvalue weighted by Gasteiger charge is 2.21. The average Bonchev–Trinajstić information content (AvgIpc) is 3.24. The standard InChI is InChI=1S/C16H14N2O4S/c1-20-11-6-3-2-4-7-12(16(19)21-10-11)14-17-18-15(22-14)13-8-5-9-23-13/h2,4-5,7-10H,3,6H2,1H3/b4-2+,11-10-,12-7-. The smallest absolute Gasteiger partial charge is 0.348 e. The van der Waals surface area contributed by atoms with Gasteiger partial charge in [-0.05, 0) is 23.9 Å². The Morgan fingerprint density at radius 2 is 2.17 bits per heavy atom. The Hall–Kier alpha value is -2.67. The molecule has 7 heteroatoms. The molecule has 3 heterocycles. The molecule has 1 aliphatic rings. The SMILES string of the molecule is CO/C1=C\OC(=O)/C(c2nnc(-c3cccs3)o2)=C\C=C\CC1. The number of carbonyl (C=O) groups is 1. The lowest BCUT2D eigenvalue weighted by molar-refractivity contribution is -0.131. The van der Waals surface area contributed by atoms with Gasteiger partial charge in [-0.15, -0.1) is 21.5 Å². The van der Waals surface area contributed by atoms with E-state index in [2.05, 4.69) is 10.2 Å². The Bertz CT molecular complexity index is 772. The van der Waals surface area contributed by atoms with Gasteiger partial charge in [-0.3, -0.25) is 0 Å². The van der Waals surface area contributed by atoms with Crippen LogP contribution in [0, 0.1) is 0 Å². The predicted octanol–water partition coefficient (Wildman–Crippen LogP) is 3.56. The van der Waals surface area contributed by atoms with E-state index in [0.717, 1.165) is 11.3 Å². The van der Waals surface area contributed by atoms with E-state index in [1.165, 1.54) is 24.7 Å². The summed E-state index contributed by atoms with van der Waals surface area (Å²) in [5.74, 6) is 0.510. The Morgan fingerprint density at radius 3 is 2.96 bits per heavy atom. The summed E-state index contributed by atoms with van der Waals surface area (Å²) >= 11 is 1.48. The lowest BCUT2D eigenvalue weighted by Crippen LogP contribution is -2.05. The fourth-order valence-corrected chi connectivity index (χ4v) is 2.58. The van der Waals surface area contributed by atoms with Crippen molar-refractivity contribution in [2.75, 3.05) is 7.11 Å². The van der Waals surface area contributed by atoms with Crippen LogP contribution in [0.3, 0.4) is 0 Å². The highest BCUT2D eigenvalue weighted by atomic mass is 32.1. The van der Waals surface area contributed by atoms with Crippen molar-refractivity contribution >= 4 is 22.9 Å². The van der Waals surface area contributed by atoms with E-state index in [4.69, 9.17) is 13.9 Å². The summed E-state index contributed by atoms with van der Waals surface area (Å²) in [4.78, 5) is 13.1. The van der Waals surface area contributed by atoms with Crippen molar-refractivity contribution in [3.63, 3.8) is 0 Å². The first-order valence-electron chi connectivity index (χ1n) is 6.96. The average molecular weight is 330 g/mol. The molecule has 0 unspecified atom stereocenters. The van der Waals surface area contributed by atoms with Crippen molar-refractivity contribution in [3.05, 3.63) is 53.7 Å². The van der Waals surface area contributed by atoms with Gasteiger partial charge in [0.25, 0.3) is 11.8 Å². The van der Waals surface area contributed by atoms with Crippen molar-refractivity contribution in [2.24, 2.45) is 0 Å². The maximum absolute atomic E-state index is 12.2. The molecule has 0 saturated carbocycles. The van der Waals surface area contributed by atoms with Gasteiger partial charge < -0.3 is 13.9 Å². The van der Waals surface area contributed by atoms with Gasteiger partial charge in [0.2, 0.25) is 0 Å².